The van der Waals surface area contributed by atoms with Gasteiger partial charge in [0.1, 0.15) is 17.7 Å². The number of aromatic carboxylic acids is 1. The van der Waals surface area contributed by atoms with Gasteiger partial charge in [-0.05, 0) is 12.1 Å². The highest BCUT2D eigenvalue weighted by Gasteiger charge is 2.10. The molecule has 2 heterocycles. The Bertz CT molecular complexity index is 501. The second-order valence-corrected chi connectivity index (χ2v) is 2.96. The van der Waals surface area contributed by atoms with E-state index in [-0.39, 0.29) is 11.4 Å². The maximum Gasteiger partial charge on any atom is 0.339 e. The topological polar surface area (TPSA) is 88.0 Å². The number of anilines is 2. The van der Waals surface area contributed by atoms with Crippen molar-refractivity contribution in [2.24, 2.45) is 0 Å². The zero-order chi connectivity index (χ0) is 11.4. The fraction of sp³-hybridized carbons (Fsp3) is 0. The van der Waals surface area contributed by atoms with Gasteiger partial charge in [-0.3, -0.25) is 0 Å². The Kier molecular flexibility index (Phi) is 2.73. The summed E-state index contributed by atoms with van der Waals surface area (Å²) in [5, 5.41) is 11.8. The molecule has 0 bridgehead atoms. The molecular formula is C10H8N4O2. The fourth-order valence-electron chi connectivity index (χ4n) is 1.18. The highest BCUT2D eigenvalue weighted by atomic mass is 16.4. The zero-order valence-electron chi connectivity index (χ0n) is 8.16. The number of aromatic nitrogens is 3. The van der Waals surface area contributed by atoms with Crippen LogP contribution in [-0.4, -0.2) is 26.0 Å². The summed E-state index contributed by atoms with van der Waals surface area (Å²) in [6, 6.07) is 3.04. The Balaban J connectivity index is 2.31. The van der Waals surface area contributed by atoms with Crippen molar-refractivity contribution in [3.8, 4) is 0 Å². The van der Waals surface area contributed by atoms with Crippen LogP contribution in [0.25, 0.3) is 0 Å². The molecule has 6 nitrogen and oxygen atoms in total. The summed E-state index contributed by atoms with van der Waals surface area (Å²) < 4.78 is 0. The van der Waals surface area contributed by atoms with Crippen molar-refractivity contribution < 1.29 is 9.90 Å². The lowest BCUT2D eigenvalue weighted by Gasteiger charge is -2.06. The maximum absolute atomic E-state index is 10.9. The number of hydrogen-bond acceptors (Lipinski definition) is 5. The van der Waals surface area contributed by atoms with Crippen LogP contribution >= 0.6 is 0 Å². The van der Waals surface area contributed by atoms with Gasteiger partial charge in [-0.15, -0.1) is 0 Å². The molecule has 0 saturated carbocycles. The standard InChI is InChI=1S/C10H8N4O2/c15-10(16)8-2-1-3-13-9(8)14-7-4-11-6-12-5-7/h1-6H,(H,13,14)(H,15,16). The quantitative estimate of drug-likeness (QED) is 0.804. The number of rotatable bonds is 3. The van der Waals surface area contributed by atoms with Gasteiger partial charge in [-0.25, -0.2) is 19.7 Å². The fourth-order valence-corrected chi connectivity index (χ4v) is 1.18. The first kappa shape index (κ1) is 10.0. The molecule has 2 aromatic rings. The molecule has 0 aliphatic heterocycles. The molecule has 16 heavy (non-hydrogen) atoms. The number of carboxylic acid groups (broad SMARTS) is 1. The van der Waals surface area contributed by atoms with Gasteiger partial charge < -0.3 is 10.4 Å². The van der Waals surface area contributed by atoms with Crippen LogP contribution in [0.1, 0.15) is 10.4 Å². The lowest BCUT2D eigenvalue weighted by molar-refractivity contribution is 0.0697. The Morgan fingerprint density at radius 3 is 2.75 bits per heavy atom. The lowest BCUT2D eigenvalue weighted by Crippen LogP contribution is -2.04. The van der Waals surface area contributed by atoms with Crippen LogP contribution in [-0.2, 0) is 0 Å². The van der Waals surface area contributed by atoms with Crippen molar-refractivity contribution in [1.82, 2.24) is 15.0 Å². The minimum absolute atomic E-state index is 0.103. The first-order valence-corrected chi connectivity index (χ1v) is 4.48. The van der Waals surface area contributed by atoms with Gasteiger partial charge in [-0.1, -0.05) is 0 Å². The molecule has 0 aliphatic rings. The third-order valence-electron chi connectivity index (χ3n) is 1.86. The molecule has 0 unspecified atom stereocenters. The molecule has 0 amide bonds. The second-order valence-electron chi connectivity index (χ2n) is 2.96. The van der Waals surface area contributed by atoms with E-state index in [0.717, 1.165) is 0 Å². The molecule has 0 spiro atoms. The van der Waals surface area contributed by atoms with Crippen molar-refractivity contribution in [3.05, 3.63) is 42.6 Å². The van der Waals surface area contributed by atoms with E-state index < -0.39 is 5.97 Å². The molecule has 2 aromatic heterocycles. The van der Waals surface area contributed by atoms with Crippen molar-refractivity contribution in [2.45, 2.75) is 0 Å². The minimum Gasteiger partial charge on any atom is -0.478 e. The Morgan fingerprint density at radius 1 is 1.31 bits per heavy atom. The Hall–Kier alpha value is -2.50. The molecule has 0 aromatic carbocycles. The van der Waals surface area contributed by atoms with Crippen molar-refractivity contribution in [1.29, 1.82) is 0 Å². The zero-order valence-corrected chi connectivity index (χ0v) is 8.16. The van der Waals surface area contributed by atoms with E-state index in [4.69, 9.17) is 5.11 Å². The average Bonchev–Trinajstić information content (AvgIpc) is 2.31. The van der Waals surface area contributed by atoms with Crippen LogP contribution < -0.4 is 5.32 Å². The molecule has 6 heteroatoms. The molecule has 0 radical (unpaired) electrons. The molecule has 0 saturated heterocycles. The summed E-state index contributed by atoms with van der Waals surface area (Å²) in [6.45, 7) is 0. The summed E-state index contributed by atoms with van der Waals surface area (Å²) in [7, 11) is 0. The molecule has 0 aliphatic carbocycles. The van der Waals surface area contributed by atoms with E-state index in [9.17, 15) is 4.79 Å². The number of carboxylic acids is 1. The number of carbonyl (C=O) groups is 1. The first-order valence-electron chi connectivity index (χ1n) is 4.48. The smallest absolute Gasteiger partial charge is 0.339 e. The third-order valence-corrected chi connectivity index (χ3v) is 1.86. The summed E-state index contributed by atoms with van der Waals surface area (Å²) >= 11 is 0. The summed E-state index contributed by atoms with van der Waals surface area (Å²) in [6.07, 6.45) is 5.97. The van der Waals surface area contributed by atoms with Crippen LogP contribution in [0.2, 0.25) is 0 Å². The minimum atomic E-state index is -1.03. The number of hydrogen-bond donors (Lipinski definition) is 2. The van der Waals surface area contributed by atoms with Gasteiger partial charge in [0.05, 0.1) is 18.1 Å². The van der Waals surface area contributed by atoms with E-state index in [1.54, 1.807) is 6.07 Å². The van der Waals surface area contributed by atoms with Crippen LogP contribution in [0.15, 0.2) is 37.1 Å². The van der Waals surface area contributed by atoms with Crippen molar-refractivity contribution in [2.75, 3.05) is 5.32 Å². The average molecular weight is 216 g/mol. The summed E-state index contributed by atoms with van der Waals surface area (Å²) in [4.78, 5) is 22.5. The Morgan fingerprint density at radius 2 is 2.06 bits per heavy atom. The molecular weight excluding hydrogens is 208 g/mol. The monoisotopic (exact) mass is 216 g/mol. The van der Waals surface area contributed by atoms with Gasteiger partial charge in [0.2, 0.25) is 0 Å². The second kappa shape index (κ2) is 4.35. The van der Waals surface area contributed by atoms with E-state index >= 15 is 0 Å². The highest BCUT2D eigenvalue weighted by molar-refractivity contribution is 5.93. The number of nitrogens with zero attached hydrogens (tertiary/aromatic N) is 3. The summed E-state index contributed by atoms with van der Waals surface area (Å²) in [5.41, 5.74) is 0.690. The van der Waals surface area contributed by atoms with E-state index in [1.165, 1.54) is 31.0 Å². The predicted molar refractivity (Wildman–Crippen MR) is 56.5 cm³/mol. The molecule has 0 atom stereocenters. The summed E-state index contributed by atoms with van der Waals surface area (Å²) in [5.74, 6) is -0.766. The Labute approximate surface area is 91.0 Å². The van der Waals surface area contributed by atoms with Crippen LogP contribution in [0, 0.1) is 0 Å². The molecule has 0 fully saturated rings. The van der Waals surface area contributed by atoms with E-state index in [0.29, 0.717) is 5.69 Å². The lowest BCUT2D eigenvalue weighted by atomic mass is 10.2. The molecule has 2 N–H and O–H groups in total. The van der Waals surface area contributed by atoms with Crippen molar-refractivity contribution >= 4 is 17.5 Å². The van der Waals surface area contributed by atoms with Crippen LogP contribution in [0.4, 0.5) is 11.5 Å². The van der Waals surface area contributed by atoms with Gasteiger partial charge in [0.25, 0.3) is 0 Å². The molecule has 80 valence electrons. The van der Waals surface area contributed by atoms with E-state index in [2.05, 4.69) is 20.3 Å². The first-order chi connectivity index (χ1) is 7.77. The normalized spacial score (nSPS) is 9.75. The number of pyridine rings is 1. The van der Waals surface area contributed by atoms with E-state index in [1.807, 2.05) is 0 Å². The van der Waals surface area contributed by atoms with Gasteiger partial charge in [0.15, 0.2) is 0 Å². The SMILES string of the molecule is O=C(O)c1cccnc1Nc1cncnc1. The van der Waals surface area contributed by atoms with Gasteiger partial charge in [-0.2, -0.15) is 0 Å². The predicted octanol–water partition coefficient (Wildman–Crippen LogP) is 1.31. The number of nitrogens with one attached hydrogen (secondary N) is 1. The highest BCUT2D eigenvalue weighted by Crippen LogP contribution is 2.16. The third kappa shape index (κ3) is 2.11. The van der Waals surface area contributed by atoms with Gasteiger partial charge >= 0.3 is 5.97 Å². The molecule has 2 rings (SSSR count). The van der Waals surface area contributed by atoms with Crippen LogP contribution in [0.5, 0.6) is 0 Å². The van der Waals surface area contributed by atoms with Crippen molar-refractivity contribution in [3.63, 3.8) is 0 Å². The maximum atomic E-state index is 10.9. The van der Waals surface area contributed by atoms with Crippen LogP contribution in [0.3, 0.4) is 0 Å². The van der Waals surface area contributed by atoms with Gasteiger partial charge in [0, 0.05) is 6.20 Å². The largest absolute Gasteiger partial charge is 0.478 e.